The number of carbonyl (C=O) groups is 5. The summed E-state index contributed by atoms with van der Waals surface area (Å²) in [4.78, 5) is 56.9. The average Bonchev–Trinajstić information content (AvgIpc) is 2.83. The monoisotopic (exact) mass is 547 g/mol. The Bertz CT molecular complexity index is 693. The molecule has 0 radical (unpaired) electrons. The second kappa shape index (κ2) is 22.9. The Kier molecular flexibility index (Phi) is 21.5. The molecule has 0 bridgehead atoms. The van der Waals surface area contributed by atoms with Crippen molar-refractivity contribution in [2.24, 2.45) is 0 Å². The molecule has 0 rings (SSSR count). The minimum absolute atomic E-state index is 0.00127. The molecule has 214 valence electrons. The number of amides is 2. The van der Waals surface area contributed by atoms with Crippen LogP contribution in [0.25, 0.3) is 0 Å². The van der Waals surface area contributed by atoms with E-state index in [1.54, 1.807) is 0 Å². The molecule has 1 unspecified atom stereocenters. The van der Waals surface area contributed by atoms with Crippen LogP contribution < -0.4 is 15.7 Å². The van der Waals surface area contributed by atoms with Gasteiger partial charge < -0.3 is 26.0 Å². The van der Waals surface area contributed by atoms with E-state index in [0.29, 0.717) is 32.2 Å². The molecule has 0 saturated carbocycles. The van der Waals surface area contributed by atoms with Crippen LogP contribution in [0.2, 0.25) is 0 Å². The smallest absolute Gasteiger partial charge is 0.326 e. The number of hydrogen-bond donors (Lipinski definition) is 6. The Morgan fingerprint density at radius 2 is 1.08 bits per heavy atom. The molecule has 0 aliphatic rings. The Hall–Kier alpha value is -2.26. The first-order valence-electron chi connectivity index (χ1n) is 13.4. The fraction of sp³-hybridized carbons (Fsp3) is 0.800. The van der Waals surface area contributed by atoms with E-state index >= 15 is 0 Å². The maximum atomic E-state index is 12.1. The molecule has 0 aliphatic carbocycles. The summed E-state index contributed by atoms with van der Waals surface area (Å²) in [5.41, 5.74) is 0. The van der Waals surface area contributed by atoms with Gasteiger partial charge in [-0.1, -0.05) is 60.8 Å². The predicted octanol–water partition coefficient (Wildman–Crippen LogP) is 3.22. The lowest BCUT2D eigenvalue weighted by Crippen LogP contribution is -2.41. The highest BCUT2D eigenvalue weighted by Gasteiger charge is 2.21. The summed E-state index contributed by atoms with van der Waals surface area (Å²) in [5.74, 6) is -3.48. The normalized spacial score (nSPS) is 12.5. The van der Waals surface area contributed by atoms with Crippen LogP contribution in [0, 0.1) is 0 Å². The van der Waals surface area contributed by atoms with Crippen molar-refractivity contribution in [1.82, 2.24) is 15.7 Å². The van der Waals surface area contributed by atoms with Gasteiger partial charge in [0.2, 0.25) is 11.8 Å². The third-order valence-corrected chi connectivity index (χ3v) is 6.48. The predicted molar refractivity (Wildman–Crippen MR) is 143 cm³/mol. The van der Waals surface area contributed by atoms with Crippen molar-refractivity contribution >= 4 is 39.1 Å². The molecule has 12 heteroatoms. The number of unbranched alkanes of at least 4 members (excludes halogenated alkanes) is 10. The van der Waals surface area contributed by atoms with E-state index in [9.17, 15) is 29.1 Å². The lowest BCUT2D eigenvalue weighted by Gasteiger charge is -2.14. The summed E-state index contributed by atoms with van der Waals surface area (Å²) in [6, 6.07) is -1.77. The first-order valence-corrected chi connectivity index (χ1v) is 13.9. The summed E-state index contributed by atoms with van der Waals surface area (Å²) in [5, 5.41) is 34.7. The van der Waals surface area contributed by atoms with Crippen molar-refractivity contribution in [1.29, 1.82) is 0 Å². The summed E-state index contributed by atoms with van der Waals surface area (Å²) < 4.78 is 0. The fourth-order valence-electron chi connectivity index (χ4n) is 3.84. The zero-order valence-corrected chi connectivity index (χ0v) is 23.0. The highest BCUT2D eigenvalue weighted by Crippen LogP contribution is 2.12. The highest BCUT2D eigenvalue weighted by molar-refractivity contribution is 7.13. The Morgan fingerprint density at radius 1 is 0.568 bits per heavy atom. The SMILES string of the molecule is O=C(O)CCCCCCCCCCCCC(=O)N[C@@H](CCC(=O)NCCCC[C@H](NP)C(=O)O)C(=O)O. The number of hydrogen-bond acceptors (Lipinski definition) is 6. The summed E-state index contributed by atoms with van der Waals surface area (Å²) >= 11 is 0. The van der Waals surface area contributed by atoms with Crippen molar-refractivity contribution < 1.29 is 39.3 Å². The number of aliphatic carboxylic acids is 3. The molecule has 0 heterocycles. The molecule has 0 aromatic rings. The molecule has 0 aromatic carbocycles. The van der Waals surface area contributed by atoms with Gasteiger partial charge in [-0.05, 0) is 38.5 Å². The minimum atomic E-state index is -1.17. The molecule has 6 N–H and O–H groups in total. The molecule has 0 saturated heterocycles. The second-order valence-electron chi connectivity index (χ2n) is 9.33. The van der Waals surface area contributed by atoms with Crippen LogP contribution in [0.15, 0.2) is 0 Å². The van der Waals surface area contributed by atoms with E-state index in [1.165, 1.54) is 0 Å². The van der Waals surface area contributed by atoms with E-state index in [-0.39, 0.29) is 37.5 Å². The first-order chi connectivity index (χ1) is 17.7. The second-order valence-corrected chi connectivity index (χ2v) is 9.66. The van der Waals surface area contributed by atoms with Gasteiger partial charge in [0, 0.05) is 25.8 Å². The van der Waals surface area contributed by atoms with Gasteiger partial charge in [-0.2, -0.15) is 0 Å². The summed E-state index contributed by atoms with van der Waals surface area (Å²) in [6.45, 7) is 0.374. The lowest BCUT2D eigenvalue weighted by atomic mass is 10.0. The number of carbonyl (C=O) groups excluding carboxylic acids is 2. The molecular formula is C25H46N3O8P. The minimum Gasteiger partial charge on any atom is -0.481 e. The maximum Gasteiger partial charge on any atom is 0.326 e. The van der Waals surface area contributed by atoms with Gasteiger partial charge in [0.25, 0.3) is 0 Å². The number of nitrogens with one attached hydrogen (secondary N) is 3. The van der Waals surface area contributed by atoms with Gasteiger partial charge in [0.15, 0.2) is 0 Å². The zero-order valence-electron chi connectivity index (χ0n) is 21.8. The van der Waals surface area contributed by atoms with Crippen LogP contribution in [0.5, 0.6) is 0 Å². The van der Waals surface area contributed by atoms with Gasteiger partial charge in [-0.25, -0.2) is 4.79 Å². The van der Waals surface area contributed by atoms with Crippen LogP contribution >= 0.6 is 9.39 Å². The highest BCUT2D eigenvalue weighted by atomic mass is 31.0. The molecule has 0 fully saturated rings. The molecule has 3 atom stereocenters. The number of rotatable bonds is 25. The standard InChI is InChI=1S/C25H46N3O8P/c29-21(26-18-12-11-13-20(28-37)25(35)36)17-16-19(24(33)34)27-22(30)14-9-7-5-3-1-2-4-6-8-10-15-23(31)32/h19-20,28H,1-18,37H2,(H,26,29)(H,27,30)(H,31,32)(H,33,34)(H,35,36)/t19-,20-/m0/s1. The van der Waals surface area contributed by atoms with Crippen molar-refractivity contribution in [2.75, 3.05) is 6.54 Å². The van der Waals surface area contributed by atoms with Gasteiger partial charge in [0.05, 0.1) is 0 Å². The van der Waals surface area contributed by atoms with E-state index in [1.807, 2.05) is 0 Å². The van der Waals surface area contributed by atoms with Gasteiger partial charge in [0.1, 0.15) is 12.1 Å². The molecular weight excluding hydrogens is 501 g/mol. The van der Waals surface area contributed by atoms with Crippen LogP contribution in [-0.4, -0.2) is 63.7 Å². The summed E-state index contributed by atoms with van der Waals surface area (Å²) in [7, 11) is 2.18. The molecule has 0 aromatic heterocycles. The number of carboxylic acids is 3. The molecule has 2 amide bonds. The third-order valence-electron chi connectivity index (χ3n) is 6.08. The largest absolute Gasteiger partial charge is 0.481 e. The molecule has 0 spiro atoms. The van der Waals surface area contributed by atoms with Crippen molar-refractivity contribution in [3.8, 4) is 0 Å². The van der Waals surface area contributed by atoms with E-state index in [2.05, 4.69) is 25.1 Å². The zero-order chi connectivity index (χ0) is 27.9. The van der Waals surface area contributed by atoms with E-state index in [0.717, 1.165) is 57.8 Å². The Morgan fingerprint density at radius 3 is 1.57 bits per heavy atom. The molecule has 37 heavy (non-hydrogen) atoms. The van der Waals surface area contributed by atoms with Crippen molar-refractivity contribution in [3.05, 3.63) is 0 Å². The third kappa shape index (κ3) is 21.5. The Balaban J connectivity index is 3.84. The Labute approximate surface area is 222 Å². The van der Waals surface area contributed by atoms with Crippen molar-refractivity contribution in [2.45, 2.75) is 121 Å². The van der Waals surface area contributed by atoms with Crippen molar-refractivity contribution in [3.63, 3.8) is 0 Å². The topological polar surface area (TPSA) is 182 Å². The quantitative estimate of drug-likeness (QED) is 0.0738. The lowest BCUT2D eigenvalue weighted by molar-refractivity contribution is -0.142. The van der Waals surface area contributed by atoms with Crippen LogP contribution in [-0.2, 0) is 24.0 Å². The molecule has 11 nitrogen and oxygen atoms in total. The summed E-state index contributed by atoms with van der Waals surface area (Å²) in [6.07, 6.45) is 11.9. The van der Waals surface area contributed by atoms with Gasteiger partial charge in [-0.15, -0.1) is 0 Å². The van der Waals surface area contributed by atoms with Gasteiger partial charge >= 0.3 is 17.9 Å². The first kappa shape index (κ1) is 34.7. The van der Waals surface area contributed by atoms with Crippen LogP contribution in [0.3, 0.4) is 0 Å². The van der Waals surface area contributed by atoms with Crippen LogP contribution in [0.4, 0.5) is 0 Å². The van der Waals surface area contributed by atoms with Gasteiger partial charge in [-0.3, -0.25) is 24.3 Å². The number of carboxylic acid groups (broad SMARTS) is 3. The average molecular weight is 548 g/mol. The fourth-order valence-corrected chi connectivity index (χ4v) is 4.15. The van der Waals surface area contributed by atoms with E-state index in [4.69, 9.17) is 10.2 Å². The molecule has 0 aliphatic heterocycles. The van der Waals surface area contributed by atoms with E-state index < -0.39 is 30.0 Å². The maximum absolute atomic E-state index is 12.1. The van der Waals surface area contributed by atoms with Crippen LogP contribution in [0.1, 0.15) is 109 Å².